The van der Waals surface area contributed by atoms with E-state index in [1.54, 1.807) is 30.8 Å². The summed E-state index contributed by atoms with van der Waals surface area (Å²) >= 11 is 1.74. The molecule has 0 radical (unpaired) electrons. The number of thioether (sulfide) groups is 1. The summed E-state index contributed by atoms with van der Waals surface area (Å²) in [5, 5.41) is 0.526. The molecule has 0 fully saturated rings. The molecule has 0 spiro atoms. The van der Waals surface area contributed by atoms with Gasteiger partial charge in [0.1, 0.15) is 0 Å². The maximum absolute atomic E-state index is 11.2. The summed E-state index contributed by atoms with van der Waals surface area (Å²) < 4.78 is 22.4. The summed E-state index contributed by atoms with van der Waals surface area (Å²) in [5.41, 5.74) is 0.698. The Bertz CT molecular complexity index is 469. The lowest BCUT2D eigenvalue weighted by atomic mass is 10.2. The largest absolute Gasteiger partial charge is 0.261 e. The van der Waals surface area contributed by atoms with Crippen LogP contribution < -0.4 is 0 Å². The van der Waals surface area contributed by atoms with Gasteiger partial charge in [-0.25, -0.2) is 8.42 Å². The number of hydrogen-bond acceptors (Lipinski definition) is 3. The van der Waals surface area contributed by atoms with Gasteiger partial charge >= 0.3 is 0 Å². The third-order valence-corrected chi connectivity index (χ3v) is 5.07. The van der Waals surface area contributed by atoms with E-state index in [2.05, 4.69) is 13.8 Å². The van der Waals surface area contributed by atoms with Gasteiger partial charge in [0.25, 0.3) is 9.05 Å². The molecule has 0 heterocycles. The number of aryl methyl sites for hydroxylation is 1. The zero-order valence-corrected chi connectivity index (χ0v) is 11.9. The zero-order chi connectivity index (χ0) is 12.3. The average Bonchev–Trinajstić information content (AvgIpc) is 2.15. The standard InChI is InChI=1S/C11H15ClO2S2/c1-4-9(3)15-10-5-6-11(8(2)7-10)16(12,13)14/h5-7,9H,4H2,1-3H3. The Hall–Kier alpha value is -0.190. The maximum Gasteiger partial charge on any atom is 0.261 e. The number of hydrogen-bond donors (Lipinski definition) is 0. The Kier molecular flexibility index (Phi) is 4.71. The van der Waals surface area contributed by atoms with Crippen LogP contribution in [-0.2, 0) is 9.05 Å². The molecule has 0 saturated heterocycles. The summed E-state index contributed by atoms with van der Waals surface area (Å²) in [5.74, 6) is 0. The molecule has 0 saturated carbocycles. The fourth-order valence-electron chi connectivity index (χ4n) is 1.28. The topological polar surface area (TPSA) is 34.1 Å². The number of rotatable bonds is 4. The molecular formula is C11H15ClO2S2. The summed E-state index contributed by atoms with van der Waals surface area (Å²) in [4.78, 5) is 1.28. The molecule has 90 valence electrons. The van der Waals surface area contributed by atoms with Gasteiger partial charge in [0.15, 0.2) is 0 Å². The van der Waals surface area contributed by atoms with Crippen LogP contribution in [0.4, 0.5) is 0 Å². The summed E-state index contributed by atoms with van der Waals surface area (Å²) in [6.07, 6.45) is 1.08. The first-order chi connectivity index (χ1) is 7.34. The van der Waals surface area contributed by atoms with E-state index in [9.17, 15) is 8.42 Å². The molecule has 0 aromatic heterocycles. The van der Waals surface area contributed by atoms with Crippen molar-refractivity contribution < 1.29 is 8.42 Å². The highest BCUT2D eigenvalue weighted by molar-refractivity contribution is 8.13. The summed E-state index contributed by atoms with van der Waals surface area (Å²) in [7, 11) is 1.69. The highest BCUT2D eigenvalue weighted by Gasteiger charge is 2.13. The Balaban J connectivity index is 3.01. The quantitative estimate of drug-likeness (QED) is 0.620. The normalized spacial score (nSPS) is 13.8. The van der Waals surface area contributed by atoms with Crippen molar-refractivity contribution in [2.24, 2.45) is 0 Å². The first-order valence-electron chi connectivity index (χ1n) is 5.06. The second-order valence-corrected chi connectivity index (χ2v) is 7.75. The van der Waals surface area contributed by atoms with Gasteiger partial charge in [-0.1, -0.05) is 13.8 Å². The molecule has 0 bridgehead atoms. The van der Waals surface area contributed by atoms with Crippen LogP contribution in [0.15, 0.2) is 28.0 Å². The molecule has 16 heavy (non-hydrogen) atoms. The molecule has 0 aliphatic carbocycles. The third-order valence-electron chi connectivity index (χ3n) is 2.32. The first-order valence-corrected chi connectivity index (χ1v) is 8.25. The highest BCUT2D eigenvalue weighted by atomic mass is 35.7. The monoisotopic (exact) mass is 278 g/mol. The molecule has 2 nitrogen and oxygen atoms in total. The molecule has 0 aliphatic rings. The lowest BCUT2D eigenvalue weighted by Crippen LogP contribution is -1.96. The van der Waals surface area contributed by atoms with Crippen molar-refractivity contribution in [2.45, 2.75) is 42.2 Å². The van der Waals surface area contributed by atoms with E-state index in [1.807, 2.05) is 6.07 Å². The molecule has 1 atom stereocenters. The van der Waals surface area contributed by atoms with E-state index in [4.69, 9.17) is 10.7 Å². The van der Waals surface area contributed by atoms with Gasteiger partial charge in [0, 0.05) is 20.8 Å². The van der Waals surface area contributed by atoms with Gasteiger partial charge in [-0.05, 0) is 37.1 Å². The lowest BCUT2D eigenvalue weighted by molar-refractivity contribution is 0.609. The Morgan fingerprint density at radius 3 is 2.50 bits per heavy atom. The van der Waals surface area contributed by atoms with E-state index in [0.29, 0.717) is 10.8 Å². The molecule has 0 aliphatic heterocycles. The fraction of sp³-hybridized carbons (Fsp3) is 0.455. The third kappa shape index (κ3) is 3.68. The Morgan fingerprint density at radius 1 is 1.44 bits per heavy atom. The van der Waals surface area contributed by atoms with Crippen LogP contribution in [0.25, 0.3) is 0 Å². The van der Waals surface area contributed by atoms with Gasteiger partial charge < -0.3 is 0 Å². The van der Waals surface area contributed by atoms with Crippen LogP contribution in [0.3, 0.4) is 0 Å². The second kappa shape index (κ2) is 5.43. The van der Waals surface area contributed by atoms with E-state index in [-0.39, 0.29) is 4.90 Å². The van der Waals surface area contributed by atoms with Crippen LogP contribution in [0.1, 0.15) is 25.8 Å². The van der Waals surface area contributed by atoms with Crippen molar-refractivity contribution in [3.63, 3.8) is 0 Å². The minimum absolute atomic E-state index is 0.197. The van der Waals surface area contributed by atoms with Crippen molar-refractivity contribution in [3.05, 3.63) is 23.8 Å². The van der Waals surface area contributed by atoms with E-state index < -0.39 is 9.05 Å². The second-order valence-electron chi connectivity index (χ2n) is 3.70. The van der Waals surface area contributed by atoms with E-state index >= 15 is 0 Å². The lowest BCUT2D eigenvalue weighted by Gasteiger charge is -2.10. The van der Waals surface area contributed by atoms with Gasteiger partial charge in [0.2, 0.25) is 0 Å². The summed E-state index contributed by atoms with van der Waals surface area (Å²) in [6, 6.07) is 5.24. The van der Waals surface area contributed by atoms with Gasteiger partial charge in [-0.2, -0.15) is 0 Å². The SMILES string of the molecule is CCC(C)Sc1ccc(S(=O)(=O)Cl)c(C)c1. The first kappa shape index (κ1) is 13.9. The molecule has 0 amide bonds. The molecule has 0 N–H and O–H groups in total. The molecule has 1 aromatic carbocycles. The molecule has 1 aromatic rings. The zero-order valence-electron chi connectivity index (χ0n) is 9.53. The number of benzene rings is 1. The van der Waals surface area contributed by atoms with Crippen molar-refractivity contribution >= 4 is 31.5 Å². The van der Waals surface area contributed by atoms with Crippen LogP contribution in [0.2, 0.25) is 0 Å². The molecule has 1 unspecified atom stereocenters. The fourth-order valence-corrected chi connectivity index (χ4v) is 3.50. The van der Waals surface area contributed by atoms with Gasteiger partial charge in [-0.15, -0.1) is 11.8 Å². The van der Waals surface area contributed by atoms with Crippen LogP contribution in [-0.4, -0.2) is 13.7 Å². The summed E-state index contributed by atoms with van der Waals surface area (Å²) in [6.45, 7) is 6.03. The molecule has 5 heteroatoms. The van der Waals surface area contributed by atoms with Crippen molar-refractivity contribution in [3.8, 4) is 0 Å². The Labute approximate surface area is 106 Å². The van der Waals surface area contributed by atoms with Gasteiger partial charge in [0.05, 0.1) is 4.90 Å². The smallest absolute Gasteiger partial charge is 0.207 e. The minimum Gasteiger partial charge on any atom is -0.207 e. The van der Waals surface area contributed by atoms with Crippen molar-refractivity contribution in [2.75, 3.05) is 0 Å². The average molecular weight is 279 g/mol. The van der Waals surface area contributed by atoms with E-state index in [0.717, 1.165) is 11.3 Å². The van der Waals surface area contributed by atoms with Crippen LogP contribution in [0.5, 0.6) is 0 Å². The van der Waals surface area contributed by atoms with Crippen LogP contribution in [0, 0.1) is 6.92 Å². The van der Waals surface area contributed by atoms with Gasteiger partial charge in [-0.3, -0.25) is 0 Å². The minimum atomic E-state index is -3.62. The molecule has 1 rings (SSSR count). The predicted molar refractivity (Wildman–Crippen MR) is 69.8 cm³/mol. The van der Waals surface area contributed by atoms with Crippen molar-refractivity contribution in [1.29, 1.82) is 0 Å². The van der Waals surface area contributed by atoms with E-state index in [1.165, 1.54) is 0 Å². The predicted octanol–water partition coefficient (Wildman–Crippen LogP) is 3.81. The highest BCUT2D eigenvalue weighted by Crippen LogP contribution is 2.29. The Morgan fingerprint density at radius 2 is 2.06 bits per heavy atom. The van der Waals surface area contributed by atoms with Crippen molar-refractivity contribution in [1.82, 2.24) is 0 Å². The number of halogens is 1. The maximum atomic E-state index is 11.2. The van der Waals surface area contributed by atoms with Crippen LogP contribution >= 0.6 is 22.4 Å². The molecular weight excluding hydrogens is 264 g/mol.